The Morgan fingerprint density at radius 2 is 2.05 bits per heavy atom. The second-order valence-electron chi connectivity index (χ2n) is 4.55. The van der Waals surface area contributed by atoms with E-state index in [1.54, 1.807) is 14.0 Å². The van der Waals surface area contributed by atoms with Gasteiger partial charge in [-0.15, -0.1) is 0 Å². The molecule has 1 aromatic carbocycles. The van der Waals surface area contributed by atoms with Crippen molar-refractivity contribution in [2.24, 2.45) is 10.9 Å². The highest BCUT2D eigenvalue weighted by Gasteiger charge is 2.21. The number of hydrogen-bond donors (Lipinski definition) is 1. The van der Waals surface area contributed by atoms with Gasteiger partial charge in [-0.3, -0.25) is 4.99 Å². The molecule has 4 heteroatoms. The first-order chi connectivity index (χ1) is 8.97. The second-order valence-corrected chi connectivity index (χ2v) is 4.55. The number of nitrogens with zero attached hydrogens (tertiary/aromatic N) is 1. The third-order valence-electron chi connectivity index (χ3n) is 3.00. The van der Waals surface area contributed by atoms with Crippen LogP contribution in [0.25, 0.3) is 6.08 Å². The lowest BCUT2D eigenvalue weighted by Gasteiger charge is -2.18. The largest absolute Gasteiger partial charge is 0.516 e. The van der Waals surface area contributed by atoms with Gasteiger partial charge in [-0.1, -0.05) is 20.8 Å². The van der Waals surface area contributed by atoms with Crippen LogP contribution in [0.4, 0.5) is 8.78 Å². The summed E-state index contributed by atoms with van der Waals surface area (Å²) in [4.78, 5) is 4.19. The summed E-state index contributed by atoms with van der Waals surface area (Å²) < 4.78 is 27.5. The minimum absolute atomic E-state index is 0.0750. The highest BCUT2D eigenvalue weighted by atomic mass is 19.2. The fourth-order valence-corrected chi connectivity index (χ4v) is 2.21. The Hall–Kier alpha value is -1.71. The van der Waals surface area contributed by atoms with Crippen molar-refractivity contribution >= 4 is 11.8 Å². The molecule has 0 heterocycles. The number of aliphatic imine (C=N–C) groups is 1. The van der Waals surface area contributed by atoms with Crippen LogP contribution in [0.3, 0.4) is 0 Å². The van der Waals surface area contributed by atoms with Crippen LogP contribution < -0.4 is 0 Å². The van der Waals surface area contributed by atoms with E-state index in [0.29, 0.717) is 28.8 Å². The molecule has 0 radical (unpaired) electrons. The second kappa shape index (κ2) is 6.45. The van der Waals surface area contributed by atoms with Crippen molar-refractivity contribution in [3.63, 3.8) is 0 Å². The average Bonchev–Trinajstić information content (AvgIpc) is 2.36. The Kier molecular flexibility index (Phi) is 5.21. The lowest BCUT2D eigenvalue weighted by atomic mass is 9.89. The predicted molar refractivity (Wildman–Crippen MR) is 74.7 cm³/mol. The van der Waals surface area contributed by atoms with Gasteiger partial charge >= 0.3 is 0 Å². The molecule has 0 aliphatic carbocycles. The summed E-state index contributed by atoms with van der Waals surface area (Å²) >= 11 is 0. The summed E-state index contributed by atoms with van der Waals surface area (Å²) in [6.07, 6.45) is 2.53. The lowest BCUT2D eigenvalue weighted by Crippen LogP contribution is -2.16. The smallest absolute Gasteiger partial charge is 0.162 e. The van der Waals surface area contributed by atoms with Gasteiger partial charge in [0.1, 0.15) is 0 Å². The van der Waals surface area contributed by atoms with E-state index in [1.165, 1.54) is 6.08 Å². The molecule has 1 N–H and O–H groups in total. The predicted octanol–water partition coefficient (Wildman–Crippen LogP) is 4.13. The molecule has 0 fully saturated rings. The van der Waals surface area contributed by atoms with E-state index in [0.717, 1.165) is 12.3 Å². The number of rotatable bonds is 4. The molecular weight excluding hydrogens is 248 g/mol. The SMILES string of the molecule is CCc1c(F)c(F)cc(/C=C/O)c1C(=NC)C(C)C. The molecule has 1 aromatic rings. The third kappa shape index (κ3) is 3.00. The standard InChI is InChI=1S/C15H19F2NO/c1-5-11-13(15(18-4)9(2)3)10(6-7-19)8-12(16)14(11)17/h6-9,19H,5H2,1-4H3/b7-6+,18-15?. The van der Waals surface area contributed by atoms with Crippen LogP contribution in [0.1, 0.15) is 37.5 Å². The summed E-state index contributed by atoms with van der Waals surface area (Å²) in [5, 5.41) is 8.92. The molecule has 104 valence electrons. The van der Waals surface area contributed by atoms with Crippen molar-refractivity contribution < 1.29 is 13.9 Å². The van der Waals surface area contributed by atoms with Gasteiger partial charge < -0.3 is 5.11 Å². The van der Waals surface area contributed by atoms with E-state index in [-0.39, 0.29) is 5.92 Å². The molecule has 0 saturated carbocycles. The fourth-order valence-electron chi connectivity index (χ4n) is 2.21. The van der Waals surface area contributed by atoms with Gasteiger partial charge in [-0.2, -0.15) is 0 Å². The molecule has 0 aliphatic rings. The van der Waals surface area contributed by atoms with Crippen LogP contribution in [-0.2, 0) is 6.42 Å². The Balaban J connectivity index is 3.71. The van der Waals surface area contributed by atoms with Crippen LogP contribution in [0, 0.1) is 17.6 Å². The Bertz CT molecular complexity index is 519. The van der Waals surface area contributed by atoms with Crippen molar-refractivity contribution in [1.29, 1.82) is 0 Å². The van der Waals surface area contributed by atoms with Crippen LogP contribution >= 0.6 is 0 Å². The van der Waals surface area contributed by atoms with Gasteiger partial charge in [0, 0.05) is 23.9 Å². The molecule has 0 amide bonds. The zero-order chi connectivity index (χ0) is 14.6. The summed E-state index contributed by atoms with van der Waals surface area (Å²) in [5.74, 6) is -1.67. The number of hydrogen-bond acceptors (Lipinski definition) is 2. The number of benzene rings is 1. The molecule has 0 aromatic heterocycles. The van der Waals surface area contributed by atoms with Crippen molar-refractivity contribution in [1.82, 2.24) is 0 Å². The van der Waals surface area contributed by atoms with Gasteiger partial charge in [0.25, 0.3) is 0 Å². The van der Waals surface area contributed by atoms with E-state index in [9.17, 15) is 8.78 Å². The summed E-state index contributed by atoms with van der Waals surface area (Å²) in [5.41, 5.74) is 2.00. The van der Waals surface area contributed by atoms with Crippen LogP contribution in [-0.4, -0.2) is 17.9 Å². The van der Waals surface area contributed by atoms with E-state index < -0.39 is 11.6 Å². The minimum Gasteiger partial charge on any atom is -0.516 e. The Morgan fingerprint density at radius 3 is 2.47 bits per heavy atom. The first kappa shape index (κ1) is 15.3. The van der Waals surface area contributed by atoms with E-state index >= 15 is 0 Å². The number of aliphatic hydroxyl groups excluding tert-OH is 1. The lowest BCUT2D eigenvalue weighted by molar-refractivity contribution is 0.477. The van der Waals surface area contributed by atoms with Crippen LogP contribution in [0.5, 0.6) is 0 Å². The summed E-state index contributed by atoms with van der Waals surface area (Å²) in [6, 6.07) is 1.09. The summed E-state index contributed by atoms with van der Waals surface area (Å²) in [7, 11) is 1.63. The van der Waals surface area contributed by atoms with E-state index in [1.807, 2.05) is 13.8 Å². The maximum absolute atomic E-state index is 13.9. The molecule has 0 unspecified atom stereocenters. The molecule has 0 spiro atoms. The van der Waals surface area contributed by atoms with Gasteiger partial charge in [-0.25, -0.2) is 8.78 Å². The average molecular weight is 267 g/mol. The van der Waals surface area contributed by atoms with Crippen molar-refractivity contribution in [3.05, 3.63) is 40.7 Å². The number of aliphatic hydroxyl groups is 1. The van der Waals surface area contributed by atoms with Crippen LogP contribution in [0.15, 0.2) is 17.3 Å². The molecule has 0 aliphatic heterocycles. The Morgan fingerprint density at radius 1 is 1.42 bits per heavy atom. The third-order valence-corrected chi connectivity index (χ3v) is 3.00. The van der Waals surface area contributed by atoms with Crippen molar-refractivity contribution in [3.8, 4) is 0 Å². The fraction of sp³-hybridized carbons (Fsp3) is 0.400. The molecule has 2 nitrogen and oxygen atoms in total. The maximum Gasteiger partial charge on any atom is 0.162 e. The van der Waals surface area contributed by atoms with E-state index in [4.69, 9.17) is 5.11 Å². The first-order valence-electron chi connectivity index (χ1n) is 6.26. The summed E-state index contributed by atoms with van der Waals surface area (Å²) in [6.45, 7) is 5.65. The molecule has 19 heavy (non-hydrogen) atoms. The molecule has 1 rings (SSSR count). The van der Waals surface area contributed by atoms with Gasteiger partial charge in [0.15, 0.2) is 11.6 Å². The Labute approximate surface area is 112 Å². The molecule has 0 bridgehead atoms. The maximum atomic E-state index is 13.9. The molecular formula is C15H19F2NO. The minimum atomic E-state index is -0.909. The van der Waals surface area contributed by atoms with Crippen LogP contribution in [0.2, 0.25) is 0 Å². The normalized spacial score (nSPS) is 12.7. The number of halogens is 2. The zero-order valence-electron chi connectivity index (χ0n) is 11.7. The topological polar surface area (TPSA) is 32.6 Å². The van der Waals surface area contributed by atoms with E-state index in [2.05, 4.69) is 4.99 Å². The van der Waals surface area contributed by atoms with Crippen molar-refractivity contribution in [2.45, 2.75) is 27.2 Å². The van der Waals surface area contributed by atoms with Crippen molar-refractivity contribution in [2.75, 3.05) is 7.05 Å². The first-order valence-corrected chi connectivity index (χ1v) is 6.26. The molecule has 0 atom stereocenters. The van der Waals surface area contributed by atoms with Gasteiger partial charge in [0.05, 0.1) is 6.26 Å². The highest BCUT2D eigenvalue weighted by Crippen LogP contribution is 2.26. The highest BCUT2D eigenvalue weighted by molar-refractivity contribution is 6.05. The quantitative estimate of drug-likeness (QED) is 0.645. The van der Waals surface area contributed by atoms with Gasteiger partial charge in [-0.05, 0) is 30.0 Å². The molecule has 0 saturated heterocycles. The van der Waals surface area contributed by atoms with Gasteiger partial charge in [0.2, 0.25) is 0 Å². The zero-order valence-corrected chi connectivity index (χ0v) is 11.7. The monoisotopic (exact) mass is 267 g/mol.